The van der Waals surface area contributed by atoms with Gasteiger partial charge in [0.05, 0.1) is 25.7 Å². The first-order valence-electron chi connectivity index (χ1n) is 9.96. The first-order chi connectivity index (χ1) is 14.3. The number of benzene rings is 2. The van der Waals surface area contributed by atoms with Gasteiger partial charge in [-0.3, -0.25) is 4.79 Å². The number of carbonyl (C=O) groups excluding carboxylic acids is 1. The van der Waals surface area contributed by atoms with Gasteiger partial charge < -0.3 is 24.1 Å². The van der Waals surface area contributed by atoms with E-state index >= 15 is 0 Å². The van der Waals surface area contributed by atoms with Crippen LogP contribution in [-0.2, 0) is 6.40 Å². The van der Waals surface area contributed by atoms with E-state index < -0.39 is 18.4 Å². The molecule has 1 N–H and O–H groups in total. The minimum absolute atomic E-state index is 0.0685. The van der Waals surface area contributed by atoms with Gasteiger partial charge in [-0.25, -0.2) is 0 Å². The normalized spacial score (nSPS) is 20.7. The number of allylic oxidation sites excluding steroid dienone is 2. The number of hydrogen-bond donors (Lipinski definition) is 1. The van der Waals surface area contributed by atoms with Crippen molar-refractivity contribution in [2.75, 3.05) is 20.8 Å². The number of phenolic OH excluding ortho intramolecular Hbond substituents is 1. The predicted octanol–water partition coefficient (Wildman–Crippen LogP) is 4.04. The Morgan fingerprint density at radius 2 is 2.00 bits per heavy atom. The average molecular weight is 398 g/mol. The third kappa shape index (κ3) is 3.18. The monoisotopic (exact) mass is 398 g/mol. The fraction of sp³-hybridized carbons (Fsp3) is 0.348. The van der Waals surface area contributed by atoms with Crippen LogP contribution in [0.2, 0.25) is 0 Å². The second-order valence-electron chi connectivity index (χ2n) is 7.34. The molecular weight excluding hydrogens is 372 g/mol. The lowest BCUT2D eigenvalue weighted by Gasteiger charge is -2.38. The van der Waals surface area contributed by atoms with Gasteiger partial charge in [-0.15, -0.1) is 0 Å². The number of hydrogen-bond acceptors (Lipinski definition) is 6. The van der Waals surface area contributed by atoms with E-state index in [4.69, 9.17) is 20.3 Å². The summed E-state index contributed by atoms with van der Waals surface area (Å²) in [5.41, 5.74) is 2.24. The van der Waals surface area contributed by atoms with Crippen molar-refractivity contribution in [2.45, 2.75) is 32.3 Å². The summed E-state index contributed by atoms with van der Waals surface area (Å²) in [5.74, 6) is 1.05. The molecule has 0 radical (unpaired) electrons. The van der Waals surface area contributed by atoms with Crippen LogP contribution in [0.5, 0.6) is 28.7 Å². The molecular formula is C23H24O6. The third-order valence-electron chi connectivity index (χ3n) is 5.20. The Kier molecular flexibility index (Phi) is 4.54. The second kappa shape index (κ2) is 7.35. The summed E-state index contributed by atoms with van der Waals surface area (Å²) >= 11 is 0. The smallest absolute Gasteiger partial charge is 0.178 e. The van der Waals surface area contributed by atoms with Crippen LogP contribution in [0.4, 0.5) is 0 Å². The van der Waals surface area contributed by atoms with Crippen molar-refractivity contribution in [1.29, 1.82) is 0 Å². The first kappa shape index (κ1) is 17.9. The lowest BCUT2D eigenvalue weighted by molar-refractivity contribution is 0.0553. The molecule has 152 valence electrons. The van der Waals surface area contributed by atoms with Crippen molar-refractivity contribution in [3.05, 3.63) is 52.6 Å². The van der Waals surface area contributed by atoms with E-state index in [1.54, 1.807) is 31.4 Å². The standard InChI is InChI=1S/C23H24O6/c1-12(2)5-6-13-16(24)8-7-14-22(25)21-15-9-18(26-3)19(27-4)10-17(15)28-11-20(21)29-23(13)14/h5,7-10,20-21,24H,6,11H2,1-4H3/t20-,21+/m1/s1/i6T/t6-,20+,21-/m0. The highest BCUT2D eigenvalue weighted by Crippen LogP contribution is 2.48. The molecule has 2 heterocycles. The Hall–Kier alpha value is -3.15. The number of fused-ring (bicyclic) bond motifs is 4. The molecule has 2 aromatic rings. The van der Waals surface area contributed by atoms with Gasteiger partial charge in [-0.05, 0) is 38.4 Å². The molecule has 0 amide bonds. The summed E-state index contributed by atoms with van der Waals surface area (Å²) in [4.78, 5) is 13.5. The third-order valence-corrected chi connectivity index (χ3v) is 5.20. The van der Waals surface area contributed by atoms with Crippen molar-refractivity contribution in [1.82, 2.24) is 0 Å². The van der Waals surface area contributed by atoms with Gasteiger partial charge in [0.2, 0.25) is 0 Å². The molecule has 4 rings (SSSR count). The van der Waals surface area contributed by atoms with Gasteiger partial charge in [0.15, 0.2) is 17.3 Å². The van der Waals surface area contributed by atoms with E-state index in [1.807, 2.05) is 13.8 Å². The number of methoxy groups -OCH3 is 2. The zero-order valence-electron chi connectivity index (χ0n) is 17.8. The molecule has 0 saturated heterocycles. The van der Waals surface area contributed by atoms with E-state index in [0.717, 1.165) is 5.57 Å². The quantitative estimate of drug-likeness (QED) is 0.784. The maximum absolute atomic E-state index is 13.5. The summed E-state index contributed by atoms with van der Waals surface area (Å²) in [6.07, 6.45) is 0.282. The summed E-state index contributed by atoms with van der Waals surface area (Å²) in [6, 6.07) is 6.46. The van der Waals surface area contributed by atoms with E-state index in [0.29, 0.717) is 33.9 Å². The van der Waals surface area contributed by atoms with Crippen molar-refractivity contribution in [3.63, 3.8) is 0 Å². The largest absolute Gasteiger partial charge is 0.508 e. The van der Waals surface area contributed by atoms with E-state index in [9.17, 15) is 9.90 Å². The Balaban J connectivity index is 1.83. The van der Waals surface area contributed by atoms with Crippen molar-refractivity contribution in [2.24, 2.45) is 0 Å². The summed E-state index contributed by atoms with van der Waals surface area (Å²) in [5, 5.41) is 10.4. The number of rotatable bonds is 4. The van der Waals surface area contributed by atoms with Crippen molar-refractivity contribution in [3.8, 4) is 28.7 Å². The molecule has 0 saturated carbocycles. The molecule has 0 aliphatic carbocycles. The summed E-state index contributed by atoms with van der Waals surface area (Å²) in [6.45, 7) is 3.92. The number of ketones is 1. The van der Waals surface area contributed by atoms with Crippen molar-refractivity contribution >= 4 is 5.78 Å². The second-order valence-corrected chi connectivity index (χ2v) is 7.34. The van der Waals surface area contributed by atoms with Crippen LogP contribution in [0.1, 0.15) is 42.6 Å². The molecule has 6 nitrogen and oxygen atoms in total. The van der Waals surface area contributed by atoms with Gasteiger partial charge in [-0.1, -0.05) is 11.6 Å². The van der Waals surface area contributed by atoms with Gasteiger partial charge in [0.25, 0.3) is 0 Å². The van der Waals surface area contributed by atoms with Crippen LogP contribution in [0.25, 0.3) is 0 Å². The zero-order valence-corrected chi connectivity index (χ0v) is 16.8. The van der Waals surface area contributed by atoms with Crippen molar-refractivity contribution < 1.29 is 30.2 Å². The Labute approximate surface area is 171 Å². The summed E-state index contributed by atoms with van der Waals surface area (Å²) < 4.78 is 31.2. The number of ether oxygens (including phenoxy) is 4. The molecule has 2 aliphatic heterocycles. The SMILES string of the molecule is [3H][C@@H](C=C(C)C)c1c(O)ccc2c1O[C@@H]1COc3cc(OC)c(OC)cc3[C@@H]1C2=O. The number of Topliss-reactive ketones (excluding diaryl/α,β-unsaturated/α-hetero) is 1. The molecule has 0 fully saturated rings. The molecule has 2 aliphatic rings. The van der Waals surface area contributed by atoms with Crippen LogP contribution in [0.3, 0.4) is 0 Å². The highest BCUT2D eigenvalue weighted by Gasteiger charge is 2.44. The van der Waals surface area contributed by atoms with Crippen LogP contribution in [0, 0.1) is 0 Å². The zero-order chi connectivity index (χ0) is 21.6. The van der Waals surface area contributed by atoms with Gasteiger partial charge in [0, 0.05) is 18.6 Å². The van der Waals surface area contributed by atoms with Crippen LogP contribution < -0.4 is 18.9 Å². The fourth-order valence-electron chi connectivity index (χ4n) is 3.76. The average Bonchev–Trinajstić information content (AvgIpc) is 2.71. The van der Waals surface area contributed by atoms with Crippen LogP contribution >= 0.6 is 0 Å². The topological polar surface area (TPSA) is 74.2 Å². The maximum atomic E-state index is 13.5. The van der Waals surface area contributed by atoms with Gasteiger partial charge in [-0.2, -0.15) is 0 Å². The fourth-order valence-corrected chi connectivity index (χ4v) is 3.76. The Morgan fingerprint density at radius 3 is 2.69 bits per heavy atom. The molecule has 0 bridgehead atoms. The van der Waals surface area contributed by atoms with Gasteiger partial charge >= 0.3 is 0 Å². The van der Waals surface area contributed by atoms with E-state index in [2.05, 4.69) is 0 Å². The molecule has 29 heavy (non-hydrogen) atoms. The highest BCUT2D eigenvalue weighted by atomic mass is 16.5. The molecule has 2 aromatic carbocycles. The number of carbonyl (C=O) groups is 1. The molecule has 0 unspecified atom stereocenters. The lowest BCUT2D eigenvalue weighted by Crippen LogP contribution is -2.43. The number of phenols is 1. The molecule has 3 atom stereocenters. The van der Waals surface area contributed by atoms with Crippen LogP contribution in [0.15, 0.2) is 35.9 Å². The molecule has 0 spiro atoms. The lowest BCUT2D eigenvalue weighted by atomic mass is 9.81. The minimum atomic E-state index is -0.851. The maximum Gasteiger partial charge on any atom is 0.178 e. The first-order valence-corrected chi connectivity index (χ1v) is 9.38. The van der Waals surface area contributed by atoms with Gasteiger partial charge in [0.1, 0.15) is 30.0 Å². The highest BCUT2D eigenvalue weighted by molar-refractivity contribution is 6.05. The minimum Gasteiger partial charge on any atom is -0.508 e. The Bertz CT molecular complexity index is 1040. The molecule has 0 aromatic heterocycles. The predicted molar refractivity (Wildman–Crippen MR) is 108 cm³/mol. The van der Waals surface area contributed by atoms with E-state index in [-0.39, 0.29) is 23.9 Å². The summed E-state index contributed by atoms with van der Waals surface area (Å²) in [7, 11) is 3.07. The van der Waals surface area contributed by atoms with Crippen LogP contribution in [-0.4, -0.2) is 37.8 Å². The number of aromatic hydroxyl groups is 1. The Morgan fingerprint density at radius 1 is 1.28 bits per heavy atom. The molecule has 6 heteroatoms. The van der Waals surface area contributed by atoms with E-state index in [1.165, 1.54) is 13.2 Å².